The van der Waals surface area contributed by atoms with E-state index in [-0.39, 0.29) is 23.5 Å². The van der Waals surface area contributed by atoms with E-state index in [0.717, 1.165) is 21.5 Å². The molecule has 1 amide bonds. The van der Waals surface area contributed by atoms with Crippen molar-refractivity contribution in [2.45, 2.75) is 32.4 Å². The first-order valence-electron chi connectivity index (χ1n) is 9.03. The fourth-order valence-corrected chi connectivity index (χ4v) is 6.07. The normalized spacial score (nSPS) is 17.1. The number of sulfone groups is 1. The number of hydrogen-bond donors (Lipinski definition) is 1. The lowest BCUT2D eigenvalue weighted by atomic mass is 10.1. The number of hydrogen-bond acceptors (Lipinski definition) is 5. The van der Waals surface area contributed by atoms with Crippen molar-refractivity contribution < 1.29 is 13.2 Å². The Morgan fingerprint density at radius 1 is 1.29 bits per heavy atom. The number of halogens is 1. The minimum Gasteiger partial charge on any atom is -0.349 e. The zero-order valence-electron chi connectivity index (χ0n) is 15.3. The summed E-state index contributed by atoms with van der Waals surface area (Å²) >= 11 is 7.36. The Bertz CT molecular complexity index is 1120. The number of nitrogens with zero attached hydrogens (tertiary/aromatic N) is 2. The van der Waals surface area contributed by atoms with Gasteiger partial charge >= 0.3 is 0 Å². The van der Waals surface area contributed by atoms with E-state index < -0.39 is 9.84 Å². The average molecular weight is 438 g/mol. The number of nitrogens with one attached hydrogen (secondary N) is 1. The Morgan fingerprint density at radius 3 is 2.64 bits per heavy atom. The minimum atomic E-state index is -2.94. The fourth-order valence-electron chi connectivity index (χ4n) is 3.39. The van der Waals surface area contributed by atoms with E-state index in [1.165, 1.54) is 11.3 Å². The minimum absolute atomic E-state index is 0.0899. The smallest absolute Gasteiger partial charge is 0.261 e. The number of rotatable bonds is 4. The summed E-state index contributed by atoms with van der Waals surface area (Å²) in [4.78, 5) is 14.2. The van der Waals surface area contributed by atoms with Gasteiger partial charge in [-0.1, -0.05) is 23.7 Å². The second kappa shape index (κ2) is 7.50. The number of carbonyl (C=O) groups is 1. The highest BCUT2D eigenvalue weighted by Crippen LogP contribution is 2.29. The molecule has 1 aliphatic heterocycles. The third kappa shape index (κ3) is 4.09. The number of aromatic nitrogens is 2. The molecule has 3 aromatic rings. The highest BCUT2D eigenvalue weighted by atomic mass is 35.5. The van der Waals surface area contributed by atoms with Gasteiger partial charge in [0.2, 0.25) is 0 Å². The molecule has 6 nitrogen and oxygen atoms in total. The summed E-state index contributed by atoms with van der Waals surface area (Å²) in [5.41, 5.74) is 1.96. The number of carbonyl (C=O) groups excluding carboxylic acids is 1. The number of aryl methyl sites for hydroxylation is 1. The summed E-state index contributed by atoms with van der Waals surface area (Å²) in [5, 5.41) is 9.24. The molecule has 1 saturated heterocycles. The molecular formula is C19H20ClN3O3S2. The maximum Gasteiger partial charge on any atom is 0.261 e. The van der Waals surface area contributed by atoms with Gasteiger partial charge in [0.25, 0.3) is 5.91 Å². The Balaban J connectivity index is 1.52. The van der Waals surface area contributed by atoms with Crippen LogP contribution in [0.5, 0.6) is 0 Å². The number of fused-ring (bicyclic) bond motifs is 1. The molecule has 1 aliphatic rings. The van der Waals surface area contributed by atoms with Crippen LogP contribution in [0.2, 0.25) is 5.02 Å². The summed E-state index contributed by atoms with van der Waals surface area (Å²) in [6.45, 7) is 2.53. The first kappa shape index (κ1) is 19.4. The standard InChI is InChI=1S/C19H20ClN3O3S2/c1-12-16-10-17(18(24)21-15-6-8-28(25,26)9-7-15)27-19(16)23(22-12)11-13-2-4-14(20)5-3-13/h2-5,10,15H,6-9,11H2,1H3,(H,21,24). The van der Waals surface area contributed by atoms with Crippen LogP contribution < -0.4 is 5.32 Å². The van der Waals surface area contributed by atoms with Crippen molar-refractivity contribution in [3.63, 3.8) is 0 Å². The quantitative estimate of drug-likeness (QED) is 0.678. The van der Waals surface area contributed by atoms with Crippen molar-refractivity contribution in [2.75, 3.05) is 11.5 Å². The van der Waals surface area contributed by atoms with Gasteiger partial charge < -0.3 is 5.32 Å². The lowest BCUT2D eigenvalue weighted by Gasteiger charge is -2.22. The maximum atomic E-state index is 12.7. The molecule has 0 unspecified atom stereocenters. The van der Waals surface area contributed by atoms with Gasteiger partial charge in [0.15, 0.2) is 0 Å². The second-order valence-electron chi connectivity index (χ2n) is 7.10. The predicted octanol–water partition coefficient (Wildman–Crippen LogP) is 3.41. The van der Waals surface area contributed by atoms with E-state index in [4.69, 9.17) is 11.6 Å². The molecule has 1 N–H and O–H groups in total. The summed E-state index contributed by atoms with van der Waals surface area (Å²) < 4.78 is 25.0. The largest absolute Gasteiger partial charge is 0.349 e. The highest BCUT2D eigenvalue weighted by molar-refractivity contribution is 7.91. The highest BCUT2D eigenvalue weighted by Gasteiger charge is 2.26. The van der Waals surface area contributed by atoms with Crippen molar-refractivity contribution in [2.24, 2.45) is 0 Å². The van der Waals surface area contributed by atoms with Crippen molar-refractivity contribution in [1.82, 2.24) is 15.1 Å². The molecular weight excluding hydrogens is 418 g/mol. The van der Waals surface area contributed by atoms with Gasteiger partial charge in [-0.05, 0) is 43.5 Å². The number of amides is 1. The molecule has 1 fully saturated rings. The molecule has 3 heterocycles. The SMILES string of the molecule is Cc1nn(Cc2ccc(Cl)cc2)c2sc(C(=O)NC3CCS(=O)(=O)CC3)cc12. The van der Waals surface area contributed by atoms with Crippen LogP contribution in [-0.4, -0.2) is 41.7 Å². The Labute approximate surface area is 172 Å². The summed E-state index contributed by atoms with van der Waals surface area (Å²) in [6.07, 6.45) is 0.949. The molecule has 0 aliphatic carbocycles. The predicted molar refractivity (Wildman–Crippen MR) is 112 cm³/mol. The van der Waals surface area contributed by atoms with Crippen LogP contribution in [-0.2, 0) is 16.4 Å². The molecule has 0 saturated carbocycles. The van der Waals surface area contributed by atoms with Gasteiger partial charge in [0.05, 0.1) is 28.6 Å². The van der Waals surface area contributed by atoms with Gasteiger partial charge in [-0.15, -0.1) is 11.3 Å². The molecule has 4 rings (SSSR count). The molecule has 0 spiro atoms. The van der Waals surface area contributed by atoms with Gasteiger partial charge in [-0.25, -0.2) is 8.42 Å². The van der Waals surface area contributed by atoms with Crippen molar-refractivity contribution >= 4 is 48.9 Å². The zero-order chi connectivity index (χ0) is 19.9. The number of thiophene rings is 1. The molecule has 2 aromatic heterocycles. The van der Waals surface area contributed by atoms with Crippen LogP contribution in [0.1, 0.15) is 33.8 Å². The maximum absolute atomic E-state index is 12.7. The Hall–Kier alpha value is -1.90. The average Bonchev–Trinajstić information content (AvgIpc) is 3.21. The van der Waals surface area contributed by atoms with Gasteiger partial charge in [0.1, 0.15) is 14.7 Å². The number of benzene rings is 1. The Kier molecular flexibility index (Phi) is 5.20. The molecule has 0 radical (unpaired) electrons. The first-order valence-corrected chi connectivity index (χ1v) is 12.0. The topological polar surface area (TPSA) is 81.1 Å². The monoisotopic (exact) mass is 437 g/mol. The third-order valence-corrected chi connectivity index (χ3v) is 8.08. The second-order valence-corrected chi connectivity index (χ2v) is 10.9. The summed E-state index contributed by atoms with van der Waals surface area (Å²) in [6, 6.07) is 9.40. The van der Waals surface area contributed by atoms with Crippen molar-refractivity contribution in [1.29, 1.82) is 0 Å². The summed E-state index contributed by atoms with van der Waals surface area (Å²) in [5.74, 6) is 0.127. The van der Waals surface area contributed by atoms with Crippen molar-refractivity contribution in [3.8, 4) is 0 Å². The van der Waals surface area contributed by atoms with Gasteiger partial charge in [0, 0.05) is 16.5 Å². The molecule has 28 heavy (non-hydrogen) atoms. The fraction of sp³-hybridized carbons (Fsp3) is 0.368. The van der Waals surface area contributed by atoms with Crippen LogP contribution in [0, 0.1) is 6.92 Å². The van der Waals surface area contributed by atoms with E-state index in [0.29, 0.717) is 29.3 Å². The molecule has 0 bridgehead atoms. The first-order chi connectivity index (χ1) is 13.3. The molecule has 9 heteroatoms. The van der Waals surface area contributed by atoms with Crippen LogP contribution in [0.25, 0.3) is 10.2 Å². The van der Waals surface area contributed by atoms with Crippen LogP contribution in [0.15, 0.2) is 30.3 Å². The van der Waals surface area contributed by atoms with Crippen LogP contribution in [0.3, 0.4) is 0 Å². The van der Waals surface area contributed by atoms with Gasteiger partial charge in [-0.2, -0.15) is 5.10 Å². The molecule has 148 valence electrons. The lowest BCUT2D eigenvalue weighted by molar-refractivity contribution is 0.0938. The van der Waals surface area contributed by atoms with Crippen LogP contribution >= 0.6 is 22.9 Å². The zero-order valence-corrected chi connectivity index (χ0v) is 17.7. The Morgan fingerprint density at radius 2 is 1.96 bits per heavy atom. The molecule has 1 aromatic carbocycles. The summed E-state index contributed by atoms with van der Waals surface area (Å²) in [7, 11) is -2.94. The third-order valence-electron chi connectivity index (χ3n) is 4.97. The van der Waals surface area contributed by atoms with E-state index in [1.807, 2.05) is 41.9 Å². The van der Waals surface area contributed by atoms with Gasteiger partial charge in [-0.3, -0.25) is 9.48 Å². The lowest BCUT2D eigenvalue weighted by Crippen LogP contribution is -2.40. The van der Waals surface area contributed by atoms with Crippen molar-refractivity contribution in [3.05, 3.63) is 51.5 Å². The van der Waals surface area contributed by atoms with E-state index in [9.17, 15) is 13.2 Å². The molecule has 0 atom stereocenters. The van der Waals surface area contributed by atoms with Crippen LogP contribution in [0.4, 0.5) is 0 Å². The van der Waals surface area contributed by atoms with E-state index in [2.05, 4.69) is 10.4 Å². The van der Waals surface area contributed by atoms with E-state index in [1.54, 1.807) is 0 Å². The van der Waals surface area contributed by atoms with E-state index >= 15 is 0 Å².